The highest BCUT2D eigenvalue weighted by atomic mass is 15.1. The largest absolute Gasteiger partial charge is 0.285 e. The van der Waals surface area contributed by atoms with Crippen molar-refractivity contribution in [3.63, 3.8) is 0 Å². The molecule has 0 bridgehead atoms. The van der Waals surface area contributed by atoms with Crippen LogP contribution in [0.2, 0.25) is 0 Å². The number of aryl methyl sites for hydroxylation is 1. The Hall–Kier alpha value is -1.56. The van der Waals surface area contributed by atoms with Crippen molar-refractivity contribution in [3.05, 3.63) is 29.1 Å². The summed E-state index contributed by atoms with van der Waals surface area (Å²) in [6.07, 6.45) is 8.62. The summed E-state index contributed by atoms with van der Waals surface area (Å²) in [4.78, 5) is 0. The number of H-pyrrole nitrogens is 1. The van der Waals surface area contributed by atoms with Gasteiger partial charge in [0.1, 0.15) is 0 Å². The zero-order chi connectivity index (χ0) is 10.3. The van der Waals surface area contributed by atoms with Crippen molar-refractivity contribution in [2.75, 3.05) is 0 Å². The molecule has 3 heteroatoms. The molecule has 3 nitrogen and oxygen atoms in total. The van der Waals surface area contributed by atoms with E-state index in [4.69, 9.17) is 5.26 Å². The van der Waals surface area contributed by atoms with E-state index in [0.717, 1.165) is 24.8 Å². The number of allylic oxidation sites excluding steroid dienone is 2. The first-order valence-electron chi connectivity index (χ1n) is 5.52. The SMILES string of the molecule is N#CC1=CC2c3n[nH]cc3CCC2CC1. The Kier molecular flexibility index (Phi) is 1.88. The second kappa shape index (κ2) is 3.23. The van der Waals surface area contributed by atoms with Gasteiger partial charge in [-0.2, -0.15) is 10.4 Å². The van der Waals surface area contributed by atoms with Crippen molar-refractivity contribution in [3.8, 4) is 6.07 Å². The molecule has 15 heavy (non-hydrogen) atoms. The van der Waals surface area contributed by atoms with Crippen molar-refractivity contribution in [2.24, 2.45) is 5.92 Å². The predicted octanol–water partition coefficient (Wildman–Crippen LogP) is 2.30. The zero-order valence-electron chi connectivity index (χ0n) is 8.53. The Balaban J connectivity index is 2.04. The number of hydrogen-bond donors (Lipinski definition) is 1. The molecule has 2 unspecified atom stereocenters. The van der Waals surface area contributed by atoms with Gasteiger partial charge in [-0.05, 0) is 37.2 Å². The number of aromatic nitrogens is 2. The molecule has 0 saturated heterocycles. The third kappa shape index (κ3) is 1.29. The lowest BCUT2D eigenvalue weighted by atomic mass is 9.72. The summed E-state index contributed by atoms with van der Waals surface area (Å²) in [5.41, 5.74) is 3.46. The quantitative estimate of drug-likeness (QED) is 0.697. The van der Waals surface area contributed by atoms with Crippen LogP contribution in [0, 0.1) is 17.2 Å². The molecule has 0 fully saturated rings. The van der Waals surface area contributed by atoms with Gasteiger partial charge in [-0.3, -0.25) is 5.10 Å². The Morgan fingerprint density at radius 2 is 2.27 bits per heavy atom. The molecule has 0 amide bonds. The van der Waals surface area contributed by atoms with Crippen molar-refractivity contribution in [2.45, 2.75) is 31.6 Å². The Morgan fingerprint density at radius 1 is 1.40 bits per heavy atom. The summed E-state index contributed by atoms with van der Waals surface area (Å²) in [5, 5.41) is 16.2. The smallest absolute Gasteiger partial charge is 0.0943 e. The zero-order valence-corrected chi connectivity index (χ0v) is 8.53. The van der Waals surface area contributed by atoms with E-state index in [1.807, 2.05) is 6.20 Å². The van der Waals surface area contributed by atoms with E-state index in [-0.39, 0.29) is 0 Å². The van der Waals surface area contributed by atoms with E-state index in [1.54, 1.807) is 0 Å². The molecule has 1 heterocycles. The summed E-state index contributed by atoms with van der Waals surface area (Å²) in [6.45, 7) is 0. The molecule has 2 aliphatic rings. The van der Waals surface area contributed by atoms with Gasteiger partial charge in [-0.1, -0.05) is 6.08 Å². The number of fused-ring (bicyclic) bond motifs is 3. The van der Waals surface area contributed by atoms with Gasteiger partial charge in [0.05, 0.1) is 11.8 Å². The maximum Gasteiger partial charge on any atom is 0.0943 e. The van der Waals surface area contributed by atoms with E-state index in [1.165, 1.54) is 17.7 Å². The number of rotatable bonds is 0. The molecule has 0 aliphatic heterocycles. The predicted molar refractivity (Wildman–Crippen MR) is 56.1 cm³/mol. The summed E-state index contributed by atoms with van der Waals surface area (Å²) in [6, 6.07) is 2.28. The van der Waals surface area contributed by atoms with Crippen molar-refractivity contribution in [1.82, 2.24) is 10.2 Å². The second-order valence-corrected chi connectivity index (χ2v) is 4.46. The fraction of sp³-hybridized carbons (Fsp3) is 0.500. The maximum absolute atomic E-state index is 8.93. The number of aromatic amines is 1. The first-order chi connectivity index (χ1) is 7.38. The average molecular weight is 199 g/mol. The molecule has 2 atom stereocenters. The van der Waals surface area contributed by atoms with Crippen LogP contribution in [0.1, 0.15) is 36.4 Å². The van der Waals surface area contributed by atoms with Gasteiger partial charge < -0.3 is 0 Å². The topological polar surface area (TPSA) is 52.5 Å². The van der Waals surface area contributed by atoms with Crippen molar-refractivity contribution in [1.29, 1.82) is 5.26 Å². The third-order valence-corrected chi connectivity index (χ3v) is 3.67. The molecule has 1 aromatic rings. The highest BCUT2D eigenvalue weighted by Gasteiger charge is 2.32. The molecule has 0 saturated carbocycles. The highest BCUT2D eigenvalue weighted by molar-refractivity contribution is 5.35. The molecule has 1 aromatic heterocycles. The number of hydrogen-bond acceptors (Lipinski definition) is 2. The van der Waals surface area contributed by atoms with Crippen LogP contribution >= 0.6 is 0 Å². The number of nitrogens with one attached hydrogen (secondary N) is 1. The lowest BCUT2D eigenvalue weighted by molar-refractivity contribution is 0.370. The summed E-state index contributed by atoms with van der Waals surface area (Å²) < 4.78 is 0. The average Bonchev–Trinajstić information content (AvgIpc) is 2.76. The molecule has 3 rings (SSSR count). The van der Waals surface area contributed by atoms with Gasteiger partial charge in [0.2, 0.25) is 0 Å². The van der Waals surface area contributed by atoms with Crippen LogP contribution in [0.5, 0.6) is 0 Å². The van der Waals surface area contributed by atoms with E-state index >= 15 is 0 Å². The van der Waals surface area contributed by atoms with E-state index in [0.29, 0.717) is 11.8 Å². The second-order valence-electron chi connectivity index (χ2n) is 4.46. The van der Waals surface area contributed by atoms with Crippen LogP contribution in [0.4, 0.5) is 0 Å². The van der Waals surface area contributed by atoms with E-state index in [9.17, 15) is 0 Å². The fourth-order valence-corrected chi connectivity index (χ4v) is 2.83. The Morgan fingerprint density at radius 3 is 3.13 bits per heavy atom. The van der Waals surface area contributed by atoms with Gasteiger partial charge >= 0.3 is 0 Å². The van der Waals surface area contributed by atoms with Gasteiger partial charge in [-0.15, -0.1) is 0 Å². The standard InChI is InChI=1S/C12H13N3/c13-6-8-1-2-9-3-4-10-7-14-15-12(10)11(9)5-8/h5,7,9,11H,1-4H2,(H,14,15). The minimum atomic E-state index is 0.392. The van der Waals surface area contributed by atoms with Crippen LogP contribution in [0.15, 0.2) is 17.8 Å². The normalized spacial score (nSPS) is 28.6. The molecule has 0 radical (unpaired) electrons. The molecular formula is C12H13N3. The highest BCUT2D eigenvalue weighted by Crippen LogP contribution is 2.42. The minimum absolute atomic E-state index is 0.392. The molecule has 76 valence electrons. The molecule has 0 aromatic carbocycles. The van der Waals surface area contributed by atoms with Gasteiger partial charge in [0.25, 0.3) is 0 Å². The van der Waals surface area contributed by atoms with Crippen LogP contribution in [-0.2, 0) is 6.42 Å². The van der Waals surface area contributed by atoms with E-state index < -0.39 is 0 Å². The van der Waals surface area contributed by atoms with Crippen LogP contribution < -0.4 is 0 Å². The van der Waals surface area contributed by atoms with Gasteiger partial charge in [-0.25, -0.2) is 0 Å². The molecule has 1 N–H and O–H groups in total. The van der Waals surface area contributed by atoms with Crippen molar-refractivity contribution < 1.29 is 0 Å². The molecule has 0 spiro atoms. The summed E-state index contributed by atoms with van der Waals surface area (Å²) >= 11 is 0. The Labute approximate surface area is 88.8 Å². The van der Waals surface area contributed by atoms with E-state index in [2.05, 4.69) is 22.3 Å². The number of nitrogens with zero attached hydrogens (tertiary/aromatic N) is 2. The first kappa shape index (κ1) is 8.72. The molecule has 2 aliphatic carbocycles. The fourth-order valence-electron chi connectivity index (χ4n) is 2.83. The summed E-state index contributed by atoms with van der Waals surface area (Å²) in [7, 11) is 0. The molecular weight excluding hydrogens is 186 g/mol. The Bertz CT molecular complexity index is 450. The number of nitriles is 1. The van der Waals surface area contributed by atoms with Crippen LogP contribution in [0.25, 0.3) is 0 Å². The lowest BCUT2D eigenvalue weighted by Gasteiger charge is -2.31. The lowest BCUT2D eigenvalue weighted by Crippen LogP contribution is -2.22. The summed E-state index contributed by atoms with van der Waals surface area (Å²) in [5.74, 6) is 1.10. The van der Waals surface area contributed by atoms with Crippen LogP contribution in [-0.4, -0.2) is 10.2 Å². The first-order valence-corrected chi connectivity index (χ1v) is 5.52. The van der Waals surface area contributed by atoms with Gasteiger partial charge in [0.15, 0.2) is 0 Å². The third-order valence-electron chi connectivity index (χ3n) is 3.67. The minimum Gasteiger partial charge on any atom is -0.285 e. The van der Waals surface area contributed by atoms with Crippen molar-refractivity contribution >= 4 is 0 Å². The maximum atomic E-state index is 8.93. The van der Waals surface area contributed by atoms with Crippen LogP contribution in [0.3, 0.4) is 0 Å². The monoisotopic (exact) mass is 199 g/mol. The van der Waals surface area contributed by atoms with Gasteiger partial charge in [0, 0.05) is 17.7 Å².